The number of rotatable bonds is 2. The van der Waals surface area contributed by atoms with E-state index < -0.39 is 5.97 Å². The van der Waals surface area contributed by atoms with Crippen molar-refractivity contribution in [2.75, 3.05) is 5.32 Å². The summed E-state index contributed by atoms with van der Waals surface area (Å²) >= 11 is 0. The predicted molar refractivity (Wildman–Crippen MR) is 104 cm³/mol. The molecule has 0 atom stereocenters. The van der Waals surface area contributed by atoms with Crippen LogP contribution in [0.3, 0.4) is 0 Å². The summed E-state index contributed by atoms with van der Waals surface area (Å²) in [4.78, 5) is 11.5. The Kier molecular flexibility index (Phi) is 3.52. The van der Waals surface area contributed by atoms with Gasteiger partial charge in [-0.15, -0.1) is 0 Å². The van der Waals surface area contributed by atoms with Crippen LogP contribution in [0.15, 0.2) is 42.5 Å². The Morgan fingerprint density at radius 2 is 1.88 bits per heavy atom. The van der Waals surface area contributed by atoms with Gasteiger partial charge in [0.05, 0.1) is 23.4 Å². The molecular formula is C22H22N2O2. The molecular weight excluding hydrogens is 324 g/mol. The number of benzene rings is 2. The third-order valence-electron chi connectivity index (χ3n) is 5.97. The minimum absolute atomic E-state index is 0.354. The maximum Gasteiger partial charge on any atom is 0.335 e. The molecule has 26 heavy (non-hydrogen) atoms. The Morgan fingerprint density at radius 3 is 2.69 bits per heavy atom. The van der Waals surface area contributed by atoms with Crippen LogP contribution in [0.1, 0.15) is 53.9 Å². The van der Waals surface area contributed by atoms with Crippen LogP contribution < -0.4 is 5.32 Å². The van der Waals surface area contributed by atoms with Crippen LogP contribution >= 0.6 is 0 Å². The lowest BCUT2D eigenvalue weighted by atomic mass is 9.81. The first-order chi connectivity index (χ1) is 12.7. The van der Waals surface area contributed by atoms with Crippen LogP contribution in [0.5, 0.6) is 0 Å². The molecule has 1 aliphatic carbocycles. The van der Waals surface area contributed by atoms with E-state index in [-0.39, 0.29) is 0 Å². The van der Waals surface area contributed by atoms with Crippen LogP contribution in [-0.4, -0.2) is 15.6 Å². The number of para-hydroxylation sites is 1. The molecule has 4 nitrogen and oxygen atoms in total. The number of carbonyl (C=O) groups is 1. The molecule has 132 valence electrons. The van der Waals surface area contributed by atoms with Crippen molar-refractivity contribution in [3.8, 4) is 11.3 Å². The van der Waals surface area contributed by atoms with Gasteiger partial charge in [0.1, 0.15) is 0 Å². The normalized spacial score (nSPS) is 16.8. The van der Waals surface area contributed by atoms with Gasteiger partial charge in [0, 0.05) is 16.6 Å². The van der Waals surface area contributed by atoms with Gasteiger partial charge in [0.15, 0.2) is 0 Å². The van der Waals surface area contributed by atoms with Crippen LogP contribution in [0.25, 0.3) is 22.2 Å². The fourth-order valence-electron chi connectivity index (χ4n) is 4.78. The number of carboxylic acids is 1. The number of nitrogens with one attached hydrogen (secondary N) is 1. The minimum atomic E-state index is -0.870. The molecule has 1 saturated carbocycles. The van der Waals surface area contributed by atoms with Crippen molar-refractivity contribution in [2.24, 2.45) is 0 Å². The second-order valence-corrected chi connectivity index (χ2v) is 7.44. The molecule has 2 N–H and O–H groups in total. The highest BCUT2D eigenvalue weighted by Gasteiger charge is 2.29. The number of hydrogen-bond acceptors (Lipinski definition) is 2. The summed E-state index contributed by atoms with van der Waals surface area (Å²) in [5.74, 6) is -0.310. The monoisotopic (exact) mass is 346 g/mol. The summed E-state index contributed by atoms with van der Waals surface area (Å²) in [5, 5.41) is 14.1. The fourth-order valence-corrected chi connectivity index (χ4v) is 4.78. The van der Waals surface area contributed by atoms with E-state index in [1.807, 2.05) is 12.1 Å². The minimum Gasteiger partial charge on any atom is -0.478 e. The molecule has 0 radical (unpaired) electrons. The lowest BCUT2D eigenvalue weighted by Gasteiger charge is -2.27. The first kappa shape index (κ1) is 15.5. The molecule has 2 aliphatic rings. The average Bonchev–Trinajstić information content (AvgIpc) is 3.02. The zero-order valence-electron chi connectivity index (χ0n) is 14.7. The Bertz CT molecular complexity index is 1010. The molecule has 0 amide bonds. The molecule has 1 fully saturated rings. The molecule has 1 aromatic heterocycles. The van der Waals surface area contributed by atoms with Crippen molar-refractivity contribution in [1.29, 1.82) is 0 Å². The van der Waals surface area contributed by atoms with Gasteiger partial charge < -0.3 is 15.0 Å². The van der Waals surface area contributed by atoms with Crippen molar-refractivity contribution in [2.45, 2.75) is 44.7 Å². The molecule has 3 aromatic rings. The molecule has 0 unspecified atom stereocenters. The van der Waals surface area contributed by atoms with Crippen molar-refractivity contribution >= 4 is 22.6 Å². The van der Waals surface area contributed by atoms with Gasteiger partial charge in [-0.1, -0.05) is 43.5 Å². The van der Waals surface area contributed by atoms with Crippen LogP contribution in [0.4, 0.5) is 5.69 Å². The topological polar surface area (TPSA) is 54.3 Å². The lowest BCUT2D eigenvalue weighted by Crippen LogP contribution is -2.16. The smallest absolute Gasteiger partial charge is 0.335 e. The zero-order chi connectivity index (χ0) is 17.7. The molecule has 1 aliphatic heterocycles. The summed E-state index contributed by atoms with van der Waals surface area (Å²) in [6.07, 6.45) is 6.34. The third kappa shape index (κ3) is 2.25. The van der Waals surface area contributed by atoms with Crippen LogP contribution in [0, 0.1) is 0 Å². The van der Waals surface area contributed by atoms with E-state index in [0.717, 1.165) is 5.52 Å². The Morgan fingerprint density at radius 1 is 1.08 bits per heavy atom. The number of aromatic carboxylic acids is 1. The van der Waals surface area contributed by atoms with Gasteiger partial charge >= 0.3 is 5.97 Å². The molecule has 0 spiro atoms. The SMILES string of the molecule is O=C(O)c1ccc2c(C3CCCCC3)c3n(c2c1)CNc1ccccc1-3. The zero-order valence-corrected chi connectivity index (χ0v) is 14.7. The van der Waals surface area contributed by atoms with Crippen molar-refractivity contribution in [3.63, 3.8) is 0 Å². The Labute approximate surface area is 152 Å². The van der Waals surface area contributed by atoms with Crippen molar-refractivity contribution < 1.29 is 9.90 Å². The summed E-state index contributed by atoms with van der Waals surface area (Å²) in [6, 6.07) is 14.1. The van der Waals surface area contributed by atoms with Gasteiger partial charge in [0.25, 0.3) is 0 Å². The number of aromatic nitrogens is 1. The Balaban J connectivity index is 1.82. The van der Waals surface area contributed by atoms with E-state index in [2.05, 4.69) is 34.1 Å². The first-order valence-electron chi connectivity index (χ1n) is 9.47. The number of hydrogen-bond donors (Lipinski definition) is 2. The molecule has 4 heteroatoms. The average molecular weight is 346 g/mol. The maximum atomic E-state index is 11.5. The van der Waals surface area contributed by atoms with E-state index in [4.69, 9.17) is 0 Å². The number of nitrogens with zero attached hydrogens (tertiary/aromatic N) is 1. The summed E-state index contributed by atoms with van der Waals surface area (Å²) in [6.45, 7) is 0.679. The summed E-state index contributed by atoms with van der Waals surface area (Å²) in [5.41, 5.74) is 6.48. The van der Waals surface area contributed by atoms with Crippen molar-refractivity contribution in [1.82, 2.24) is 4.57 Å². The van der Waals surface area contributed by atoms with Gasteiger partial charge in [-0.2, -0.15) is 0 Å². The van der Waals surface area contributed by atoms with Crippen molar-refractivity contribution in [3.05, 3.63) is 53.6 Å². The standard InChI is InChI=1S/C22H22N2O2/c25-22(26)15-10-11-17-19(12-15)24-13-23-18-9-5-4-8-16(18)21(24)20(17)14-6-2-1-3-7-14/h4-5,8-12,14,23H,1-3,6-7,13H2,(H,25,26). The highest BCUT2D eigenvalue weighted by atomic mass is 16.4. The maximum absolute atomic E-state index is 11.5. The van der Waals surface area contributed by atoms with Gasteiger partial charge in [0.2, 0.25) is 0 Å². The van der Waals surface area contributed by atoms with E-state index in [1.54, 1.807) is 6.07 Å². The largest absolute Gasteiger partial charge is 0.478 e. The van der Waals surface area contributed by atoms with E-state index in [0.29, 0.717) is 18.2 Å². The number of carboxylic acid groups (broad SMARTS) is 1. The second-order valence-electron chi connectivity index (χ2n) is 7.44. The molecule has 0 saturated heterocycles. The van der Waals surface area contributed by atoms with E-state index in [1.165, 1.54) is 60.0 Å². The molecule has 0 bridgehead atoms. The van der Waals surface area contributed by atoms with Gasteiger partial charge in [-0.25, -0.2) is 4.79 Å². The number of fused-ring (bicyclic) bond motifs is 5. The molecule has 2 heterocycles. The highest BCUT2D eigenvalue weighted by Crippen LogP contribution is 2.47. The predicted octanol–water partition coefficient (Wildman–Crippen LogP) is 5.44. The van der Waals surface area contributed by atoms with Gasteiger partial charge in [-0.3, -0.25) is 0 Å². The van der Waals surface area contributed by atoms with E-state index in [9.17, 15) is 9.90 Å². The number of anilines is 1. The van der Waals surface area contributed by atoms with Crippen LogP contribution in [0.2, 0.25) is 0 Å². The molecule has 5 rings (SSSR count). The lowest BCUT2D eigenvalue weighted by molar-refractivity contribution is 0.0697. The quantitative estimate of drug-likeness (QED) is 0.650. The highest BCUT2D eigenvalue weighted by molar-refractivity contribution is 5.99. The second kappa shape index (κ2) is 5.90. The van der Waals surface area contributed by atoms with Crippen LogP contribution in [-0.2, 0) is 6.67 Å². The fraction of sp³-hybridized carbons (Fsp3) is 0.318. The van der Waals surface area contributed by atoms with E-state index >= 15 is 0 Å². The first-order valence-corrected chi connectivity index (χ1v) is 9.47. The summed E-state index contributed by atoms with van der Waals surface area (Å²) in [7, 11) is 0. The molecule has 2 aromatic carbocycles. The third-order valence-corrected chi connectivity index (χ3v) is 5.97. The van der Waals surface area contributed by atoms with Gasteiger partial charge in [-0.05, 0) is 42.5 Å². The Hall–Kier alpha value is -2.75. The summed E-state index contributed by atoms with van der Waals surface area (Å²) < 4.78 is 2.27.